The molecule has 1 aromatic carbocycles. The van der Waals surface area contributed by atoms with Gasteiger partial charge in [-0.25, -0.2) is 0 Å². The quantitative estimate of drug-likeness (QED) is 0.763. The maximum atomic E-state index is 13.1. The van der Waals surface area contributed by atoms with Crippen LogP contribution in [0, 0.1) is 0 Å². The fourth-order valence-electron chi connectivity index (χ4n) is 1.43. The van der Waals surface area contributed by atoms with Gasteiger partial charge in [0.05, 0.1) is 6.10 Å². The van der Waals surface area contributed by atoms with Crippen molar-refractivity contribution >= 4 is 15.9 Å². The van der Waals surface area contributed by atoms with Crippen molar-refractivity contribution in [1.29, 1.82) is 0 Å². The molecule has 0 fully saturated rings. The second-order valence-electron chi connectivity index (χ2n) is 4.02. The summed E-state index contributed by atoms with van der Waals surface area (Å²) in [5, 5.41) is 9.46. The van der Waals surface area contributed by atoms with Crippen molar-refractivity contribution < 1.29 is 35.8 Å². The number of alkyl halides is 7. The third kappa shape index (κ3) is 3.25. The van der Waals surface area contributed by atoms with Gasteiger partial charge < -0.3 is 5.11 Å². The molecule has 0 heterocycles. The lowest BCUT2D eigenvalue weighted by Gasteiger charge is -2.29. The summed E-state index contributed by atoms with van der Waals surface area (Å²) in [5.41, 5.74) is -0.204. The first kappa shape index (κ1) is 17.2. The third-order valence-corrected chi connectivity index (χ3v) is 3.25. The molecule has 0 amide bonds. The zero-order valence-corrected chi connectivity index (χ0v) is 11.2. The van der Waals surface area contributed by atoms with Crippen LogP contribution in [0.25, 0.3) is 0 Å². The molecule has 1 rings (SSSR count). The molecule has 0 saturated heterocycles. The van der Waals surface area contributed by atoms with Crippen molar-refractivity contribution in [3.8, 4) is 0 Å². The Morgan fingerprint density at radius 2 is 1.50 bits per heavy atom. The lowest BCUT2D eigenvalue weighted by atomic mass is 9.99. The van der Waals surface area contributed by atoms with E-state index in [2.05, 4.69) is 15.9 Å². The van der Waals surface area contributed by atoms with E-state index in [-0.39, 0.29) is 10.0 Å². The molecule has 0 bridgehead atoms. The van der Waals surface area contributed by atoms with Crippen LogP contribution in [0.3, 0.4) is 0 Å². The largest absolute Gasteiger partial charge is 0.459 e. The number of hydrogen-bond donors (Lipinski definition) is 1. The van der Waals surface area contributed by atoms with Crippen LogP contribution in [0.1, 0.15) is 18.1 Å². The van der Waals surface area contributed by atoms with Gasteiger partial charge in [0.15, 0.2) is 0 Å². The Labute approximate surface area is 117 Å². The number of hydrogen-bond acceptors (Lipinski definition) is 1. The molecule has 0 spiro atoms. The first-order valence-corrected chi connectivity index (χ1v) is 5.94. The average Bonchev–Trinajstić information content (AvgIpc) is 2.26. The van der Waals surface area contributed by atoms with E-state index in [0.29, 0.717) is 0 Å². The van der Waals surface area contributed by atoms with E-state index < -0.39 is 30.5 Å². The minimum atomic E-state index is -6.40. The minimum absolute atomic E-state index is 0.124. The van der Waals surface area contributed by atoms with E-state index in [1.54, 1.807) is 0 Å². The van der Waals surface area contributed by atoms with Crippen molar-refractivity contribution in [2.75, 3.05) is 0 Å². The minimum Gasteiger partial charge on any atom is -0.388 e. The fraction of sp³-hybridized carbons (Fsp3) is 0.455. The summed E-state index contributed by atoms with van der Waals surface area (Å²) in [6, 6.07) is 5.25. The van der Waals surface area contributed by atoms with Crippen LogP contribution in [0.2, 0.25) is 0 Å². The molecule has 1 atom stereocenters. The molecule has 0 radical (unpaired) electrons. The molecular formula is C11H8BrF7O. The number of benzene rings is 1. The van der Waals surface area contributed by atoms with Crippen molar-refractivity contribution in [3.63, 3.8) is 0 Å². The molecule has 0 saturated carbocycles. The second-order valence-corrected chi connectivity index (χ2v) is 4.87. The number of halogens is 8. The molecule has 0 aliphatic heterocycles. The van der Waals surface area contributed by atoms with Gasteiger partial charge in [-0.3, -0.25) is 0 Å². The smallest absolute Gasteiger partial charge is 0.388 e. The molecule has 0 aromatic heterocycles. The highest BCUT2D eigenvalue weighted by atomic mass is 79.9. The Morgan fingerprint density at radius 3 is 1.95 bits per heavy atom. The van der Waals surface area contributed by atoms with Gasteiger partial charge in [-0.1, -0.05) is 34.1 Å². The van der Waals surface area contributed by atoms with Gasteiger partial charge in [0.2, 0.25) is 0 Å². The molecule has 20 heavy (non-hydrogen) atoms. The Kier molecular flexibility index (Phi) is 4.75. The van der Waals surface area contributed by atoms with Gasteiger partial charge in [-0.2, -0.15) is 30.7 Å². The first-order valence-electron chi connectivity index (χ1n) is 5.15. The normalized spacial score (nSPS) is 15.2. The summed E-state index contributed by atoms with van der Waals surface area (Å²) >= 11 is 2.88. The van der Waals surface area contributed by atoms with E-state index in [1.165, 1.54) is 18.2 Å². The van der Waals surface area contributed by atoms with Crippen molar-refractivity contribution in [2.24, 2.45) is 0 Å². The van der Waals surface area contributed by atoms with E-state index in [9.17, 15) is 35.8 Å². The van der Waals surface area contributed by atoms with Crippen LogP contribution in [0.5, 0.6) is 0 Å². The Balaban J connectivity index is 3.00. The number of aliphatic hydroxyl groups excluding tert-OH is 1. The molecular weight excluding hydrogens is 361 g/mol. The van der Waals surface area contributed by atoms with Crippen LogP contribution < -0.4 is 0 Å². The van der Waals surface area contributed by atoms with Crippen molar-refractivity contribution in [1.82, 2.24) is 0 Å². The Hall–Kier alpha value is -0.830. The maximum Gasteiger partial charge on any atom is 0.459 e. The lowest BCUT2D eigenvalue weighted by molar-refractivity contribution is -0.358. The third-order valence-electron chi connectivity index (χ3n) is 2.53. The molecule has 1 aromatic rings. The number of rotatable bonds is 4. The first-order chi connectivity index (χ1) is 8.90. The van der Waals surface area contributed by atoms with Crippen LogP contribution in [-0.4, -0.2) is 23.1 Å². The van der Waals surface area contributed by atoms with Gasteiger partial charge in [-0.15, -0.1) is 0 Å². The maximum absolute atomic E-state index is 13.1. The van der Waals surface area contributed by atoms with Crippen LogP contribution in [0.4, 0.5) is 30.7 Å². The molecule has 1 nitrogen and oxygen atoms in total. The molecule has 1 N–H and O–H groups in total. The molecule has 1 unspecified atom stereocenters. The highest BCUT2D eigenvalue weighted by Crippen LogP contribution is 2.50. The summed E-state index contributed by atoms with van der Waals surface area (Å²) in [4.78, 5) is 0. The zero-order valence-electron chi connectivity index (χ0n) is 9.56. The highest BCUT2D eigenvalue weighted by Gasteiger charge is 2.72. The van der Waals surface area contributed by atoms with Gasteiger partial charge in [0, 0.05) is 10.9 Å². The van der Waals surface area contributed by atoms with Gasteiger partial charge in [0.25, 0.3) is 0 Å². The van der Waals surface area contributed by atoms with Crippen LogP contribution in [-0.2, 0) is 0 Å². The van der Waals surface area contributed by atoms with E-state index in [4.69, 9.17) is 0 Å². The van der Waals surface area contributed by atoms with Gasteiger partial charge in [0.1, 0.15) is 0 Å². The summed E-state index contributed by atoms with van der Waals surface area (Å²) in [6.45, 7) is 0. The number of aliphatic hydroxyl groups is 1. The second kappa shape index (κ2) is 5.51. The molecule has 114 valence electrons. The summed E-state index contributed by atoms with van der Waals surface area (Å²) in [6.07, 6.45) is -10.6. The highest BCUT2D eigenvalue weighted by molar-refractivity contribution is 9.10. The standard InChI is InChI=1S/C11H8BrF7O/c12-7-4-2-1-3-6(7)8(20)5-9(13,14)10(15,16)11(17,18)19/h1-4,8,20H,5H2. The van der Waals surface area contributed by atoms with Gasteiger partial charge in [-0.05, 0) is 11.6 Å². The molecule has 0 aliphatic carbocycles. The fourth-order valence-corrected chi connectivity index (χ4v) is 1.98. The predicted octanol–water partition coefficient (Wildman–Crippen LogP) is 4.71. The summed E-state index contributed by atoms with van der Waals surface area (Å²) in [7, 11) is 0. The molecule has 9 heteroatoms. The van der Waals surface area contributed by atoms with E-state index in [0.717, 1.165) is 6.07 Å². The Morgan fingerprint density at radius 1 is 1.00 bits per heavy atom. The summed E-state index contributed by atoms with van der Waals surface area (Å²) in [5.74, 6) is -11.7. The molecule has 0 aliphatic rings. The summed E-state index contributed by atoms with van der Waals surface area (Å²) < 4.78 is 87.6. The SMILES string of the molecule is OC(CC(F)(F)C(F)(F)C(F)(F)F)c1ccccc1Br. The van der Waals surface area contributed by atoms with E-state index in [1.807, 2.05) is 0 Å². The average molecular weight is 369 g/mol. The van der Waals surface area contributed by atoms with Crippen molar-refractivity contribution in [3.05, 3.63) is 34.3 Å². The van der Waals surface area contributed by atoms with Gasteiger partial charge >= 0.3 is 18.0 Å². The monoisotopic (exact) mass is 368 g/mol. The Bertz CT molecular complexity index is 472. The lowest BCUT2D eigenvalue weighted by Crippen LogP contribution is -2.52. The van der Waals surface area contributed by atoms with E-state index >= 15 is 0 Å². The topological polar surface area (TPSA) is 20.2 Å². The van der Waals surface area contributed by atoms with Crippen LogP contribution >= 0.6 is 15.9 Å². The van der Waals surface area contributed by atoms with Crippen molar-refractivity contribution in [2.45, 2.75) is 30.5 Å². The zero-order chi connectivity index (χ0) is 15.8. The van der Waals surface area contributed by atoms with Crippen LogP contribution in [0.15, 0.2) is 28.7 Å². The predicted molar refractivity (Wildman–Crippen MR) is 59.7 cm³/mol.